The van der Waals surface area contributed by atoms with E-state index in [1.54, 1.807) is 0 Å². The second-order valence-corrected chi connectivity index (χ2v) is 5.46. The minimum Gasteiger partial charge on any atom is -0.393 e. The van der Waals surface area contributed by atoms with E-state index in [-0.39, 0.29) is 6.10 Å². The molecule has 1 radical (unpaired) electrons. The minimum absolute atomic E-state index is 0.0180. The smallest absolute Gasteiger partial charge is 0.0543 e. The quantitative estimate of drug-likeness (QED) is 0.682. The first kappa shape index (κ1) is 10.5. The third kappa shape index (κ3) is 1.98. The standard InChI is InChI=1S/C13H23O/c1-9(2)12-5-3-4-10-6-7-11(14)8-13(10)12/h9-14H,1,3-8H2,2H3. The Hall–Kier alpha value is -0.0400. The van der Waals surface area contributed by atoms with Crippen LogP contribution in [0.3, 0.4) is 0 Å². The van der Waals surface area contributed by atoms with E-state index in [1.807, 2.05) is 0 Å². The summed E-state index contributed by atoms with van der Waals surface area (Å²) in [6.45, 7) is 6.44. The van der Waals surface area contributed by atoms with Gasteiger partial charge < -0.3 is 5.11 Å². The van der Waals surface area contributed by atoms with Crippen LogP contribution in [0.25, 0.3) is 0 Å². The van der Waals surface area contributed by atoms with Gasteiger partial charge in [0.05, 0.1) is 6.10 Å². The fraction of sp³-hybridized carbons (Fsp3) is 0.923. The van der Waals surface area contributed by atoms with Crippen LogP contribution in [-0.4, -0.2) is 11.2 Å². The molecule has 2 aliphatic rings. The highest BCUT2D eigenvalue weighted by Gasteiger charge is 2.38. The molecule has 5 atom stereocenters. The Bertz CT molecular complexity index is 188. The van der Waals surface area contributed by atoms with Crippen LogP contribution in [0, 0.1) is 30.6 Å². The third-order valence-corrected chi connectivity index (χ3v) is 4.41. The van der Waals surface area contributed by atoms with Gasteiger partial charge in [0.25, 0.3) is 0 Å². The van der Waals surface area contributed by atoms with Gasteiger partial charge in [0.2, 0.25) is 0 Å². The lowest BCUT2D eigenvalue weighted by molar-refractivity contribution is 0.00819. The van der Waals surface area contributed by atoms with Crippen molar-refractivity contribution in [3.05, 3.63) is 6.92 Å². The monoisotopic (exact) mass is 195 g/mol. The van der Waals surface area contributed by atoms with E-state index in [1.165, 1.54) is 25.7 Å². The van der Waals surface area contributed by atoms with Gasteiger partial charge in [0.15, 0.2) is 0 Å². The summed E-state index contributed by atoms with van der Waals surface area (Å²) >= 11 is 0. The maximum Gasteiger partial charge on any atom is 0.0543 e. The Balaban J connectivity index is 2.04. The van der Waals surface area contributed by atoms with Gasteiger partial charge in [-0.15, -0.1) is 0 Å². The highest BCUT2D eigenvalue weighted by molar-refractivity contribution is 4.90. The van der Waals surface area contributed by atoms with Gasteiger partial charge in [-0.05, 0) is 49.4 Å². The van der Waals surface area contributed by atoms with Crippen LogP contribution in [0.2, 0.25) is 0 Å². The number of hydrogen-bond acceptors (Lipinski definition) is 1. The topological polar surface area (TPSA) is 20.2 Å². The first-order valence-corrected chi connectivity index (χ1v) is 6.19. The molecule has 0 aromatic rings. The van der Waals surface area contributed by atoms with E-state index in [2.05, 4.69) is 13.8 Å². The van der Waals surface area contributed by atoms with E-state index in [0.29, 0.717) is 5.92 Å². The normalized spacial score (nSPS) is 43.7. The Kier molecular flexibility index (Phi) is 3.16. The van der Waals surface area contributed by atoms with Crippen LogP contribution in [0.15, 0.2) is 0 Å². The summed E-state index contributed by atoms with van der Waals surface area (Å²) < 4.78 is 0. The molecule has 0 amide bonds. The zero-order valence-electron chi connectivity index (χ0n) is 9.28. The summed E-state index contributed by atoms with van der Waals surface area (Å²) in [5.74, 6) is 3.03. The highest BCUT2D eigenvalue weighted by atomic mass is 16.3. The highest BCUT2D eigenvalue weighted by Crippen LogP contribution is 2.46. The van der Waals surface area contributed by atoms with E-state index in [9.17, 15) is 5.11 Å². The molecule has 2 aliphatic carbocycles. The Morgan fingerprint density at radius 3 is 2.71 bits per heavy atom. The van der Waals surface area contributed by atoms with E-state index in [4.69, 9.17) is 0 Å². The van der Waals surface area contributed by atoms with Crippen molar-refractivity contribution in [2.75, 3.05) is 0 Å². The second kappa shape index (κ2) is 4.22. The number of fused-ring (bicyclic) bond motifs is 1. The van der Waals surface area contributed by atoms with Gasteiger partial charge in [0, 0.05) is 0 Å². The molecule has 0 heterocycles. The zero-order valence-corrected chi connectivity index (χ0v) is 9.28. The van der Waals surface area contributed by atoms with E-state index in [0.717, 1.165) is 30.6 Å². The fourth-order valence-electron chi connectivity index (χ4n) is 3.66. The minimum atomic E-state index is -0.0180. The molecule has 0 aromatic carbocycles. The summed E-state index contributed by atoms with van der Waals surface area (Å²) in [7, 11) is 0. The molecule has 1 nitrogen and oxygen atoms in total. The molecule has 0 spiro atoms. The van der Waals surface area contributed by atoms with Crippen molar-refractivity contribution in [3.63, 3.8) is 0 Å². The van der Waals surface area contributed by atoms with Crippen LogP contribution >= 0.6 is 0 Å². The Labute approximate surface area is 87.9 Å². The molecule has 0 bridgehead atoms. The second-order valence-electron chi connectivity index (χ2n) is 5.46. The average molecular weight is 195 g/mol. The Morgan fingerprint density at radius 2 is 2.00 bits per heavy atom. The number of hydrogen-bond donors (Lipinski definition) is 1. The number of aliphatic hydroxyl groups is 1. The van der Waals surface area contributed by atoms with Gasteiger partial charge in [-0.25, -0.2) is 0 Å². The van der Waals surface area contributed by atoms with Crippen molar-refractivity contribution in [2.45, 2.75) is 51.6 Å². The molecule has 0 aliphatic heterocycles. The summed E-state index contributed by atoms with van der Waals surface area (Å²) in [5, 5.41) is 9.73. The van der Waals surface area contributed by atoms with Gasteiger partial charge >= 0.3 is 0 Å². The first-order valence-electron chi connectivity index (χ1n) is 6.19. The van der Waals surface area contributed by atoms with Crippen LogP contribution in [0.4, 0.5) is 0 Å². The van der Waals surface area contributed by atoms with Crippen molar-refractivity contribution in [2.24, 2.45) is 23.7 Å². The molecular formula is C13H23O. The first-order chi connectivity index (χ1) is 6.68. The van der Waals surface area contributed by atoms with Crippen molar-refractivity contribution in [3.8, 4) is 0 Å². The summed E-state index contributed by atoms with van der Waals surface area (Å²) in [6, 6.07) is 0. The van der Waals surface area contributed by atoms with Crippen molar-refractivity contribution >= 4 is 0 Å². The predicted octanol–water partition coefficient (Wildman–Crippen LogP) is 3.03. The van der Waals surface area contributed by atoms with E-state index >= 15 is 0 Å². The van der Waals surface area contributed by atoms with Crippen molar-refractivity contribution in [1.29, 1.82) is 0 Å². The molecule has 2 rings (SSSR count). The molecule has 2 fully saturated rings. The average Bonchev–Trinajstić information content (AvgIpc) is 2.16. The van der Waals surface area contributed by atoms with Gasteiger partial charge in [0.1, 0.15) is 0 Å². The van der Waals surface area contributed by atoms with Gasteiger partial charge in [-0.1, -0.05) is 26.7 Å². The molecule has 81 valence electrons. The van der Waals surface area contributed by atoms with Gasteiger partial charge in [-0.2, -0.15) is 0 Å². The van der Waals surface area contributed by atoms with Crippen LogP contribution in [0.1, 0.15) is 45.4 Å². The van der Waals surface area contributed by atoms with Crippen LogP contribution < -0.4 is 0 Å². The number of rotatable bonds is 1. The van der Waals surface area contributed by atoms with Crippen LogP contribution in [0.5, 0.6) is 0 Å². The van der Waals surface area contributed by atoms with E-state index < -0.39 is 0 Å². The summed E-state index contributed by atoms with van der Waals surface area (Å²) in [6.07, 6.45) is 7.47. The zero-order chi connectivity index (χ0) is 10.1. The lowest BCUT2D eigenvalue weighted by Gasteiger charge is -2.44. The molecule has 1 N–H and O–H groups in total. The molecule has 14 heavy (non-hydrogen) atoms. The summed E-state index contributed by atoms with van der Waals surface area (Å²) in [4.78, 5) is 0. The molecule has 5 unspecified atom stereocenters. The Morgan fingerprint density at radius 1 is 1.21 bits per heavy atom. The maximum atomic E-state index is 9.73. The van der Waals surface area contributed by atoms with Gasteiger partial charge in [-0.3, -0.25) is 0 Å². The fourth-order valence-corrected chi connectivity index (χ4v) is 3.66. The SMILES string of the molecule is [CH2]C(C)C1CCCC2CCC(O)CC21. The largest absolute Gasteiger partial charge is 0.393 e. The predicted molar refractivity (Wildman–Crippen MR) is 58.7 cm³/mol. The molecule has 0 saturated heterocycles. The molecule has 1 heteroatoms. The third-order valence-electron chi connectivity index (χ3n) is 4.41. The maximum absolute atomic E-state index is 9.73. The van der Waals surface area contributed by atoms with Crippen molar-refractivity contribution < 1.29 is 5.11 Å². The lowest BCUT2D eigenvalue weighted by atomic mass is 9.62. The van der Waals surface area contributed by atoms with Crippen LogP contribution in [-0.2, 0) is 0 Å². The number of aliphatic hydroxyl groups excluding tert-OH is 1. The molecule has 2 saturated carbocycles. The lowest BCUT2D eigenvalue weighted by Crippen LogP contribution is -2.37. The summed E-state index contributed by atoms with van der Waals surface area (Å²) in [5.41, 5.74) is 0. The molecular weight excluding hydrogens is 172 g/mol. The van der Waals surface area contributed by atoms with Crippen molar-refractivity contribution in [1.82, 2.24) is 0 Å². The molecule has 0 aromatic heterocycles.